The van der Waals surface area contributed by atoms with Crippen LogP contribution >= 0.6 is 0 Å². The summed E-state index contributed by atoms with van der Waals surface area (Å²) in [6.07, 6.45) is -0.157. The summed E-state index contributed by atoms with van der Waals surface area (Å²) in [5.41, 5.74) is 1.71. The largest absolute Gasteiger partial charge is 0.350 e. The van der Waals surface area contributed by atoms with Crippen molar-refractivity contribution in [2.45, 2.75) is 59.2 Å². The summed E-state index contributed by atoms with van der Waals surface area (Å²) in [5, 5.41) is 14.2. The Morgan fingerprint density at radius 2 is 1.80 bits per heavy atom. The summed E-state index contributed by atoms with van der Waals surface area (Å²) in [5.74, 6) is -0.617. The first-order valence-electron chi connectivity index (χ1n) is 9.87. The molecule has 1 N–H and O–H groups in total. The fourth-order valence-corrected chi connectivity index (χ4v) is 3.17. The number of carbonyl (C=O) groups is 2. The Morgan fingerprint density at radius 3 is 2.40 bits per heavy atom. The number of para-hydroxylation sites is 1. The van der Waals surface area contributed by atoms with Crippen molar-refractivity contribution in [3.63, 3.8) is 0 Å². The van der Waals surface area contributed by atoms with Crippen LogP contribution in [-0.2, 0) is 22.6 Å². The van der Waals surface area contributed by atoms with E-state index in [1.165, 1.54) is 11.0 Å². The van der Waals surface area contributed by atoms with Crippen molar-refractivity contribution in [1.82, 2.24) is 10.2 Å². The van der Waals surface area contributed by atoms with Gasteiger partial charge < -0.3 is 10.2 Å². The van der Waals surface area contributed by atoms with Crippen LogP contribution in [0.15, 0.2) is 48.5 Å². The van der Waals surface area contributed by atoms with Gasteiger partial charge in [-0.25, -0.2) is 0 Å². The van der Waals surface area contributed by atoms with E-state index >= 15 is 0 Å². The van der Waals surface area contributed by atoms with Crippen LogP contribution in [0.4, 0.5) is 5.69 Å². The third-order valence-corrected chi connectivity index (χ3v) is 4.63. The lowest BCUT2D eigenvalue weighted by Gasteiger charge is -2.31. The summed E-state index contributed by atoms with van der Waals surface area (Å²) in [6.45, 7) is 9.49. The second kappa shape index (κ2) is 9.52. The highest BCUT2D eigenvalue weighted by atomic mass is 16.6. The Hall–Kier alpha value is -3.22. The highest BCUT2D eigenvalue weighted by Crippen LogP contribution is 2.20. The van der Waals surface area contributed by atoms with E-state index in [0.717, 1.165) is 11.1 Å². The molecule has 0 bridgehead atoms. The van der Waals surface area contributed by atoms with Crippen LogP contribution in [0.5, 0.6) is 0 Å². The first-order valence-corrected chi connectivity index (χ1v) is 9.87. The summed E-state index contributed by atoms with van der Waals surface area (Å²) in [6, 6.07) is 13.1. The number of nitrogens with one attached hydrogen (secondary N) is 1. The molecule has 2 rings (SSSR count). The van der Waals surface area contributed by atoms with E-state index in [-0.39, 0.29) is 30.5 Å². The maximum atomic E-state index is 13.2. The van der Waals surface area contributed by atoms with Crippen molar-refractivity contribution in [3.05, 3.63) is 75.3 Å². The van der Waals surface area contributed by atoms with Gasteiger partial charge >= 0.3 is 0 Å². The molecule has 0 aromatic heterocycles. The molecule has 0 saturated carbocycles. The first kappa shape index (κ1) is 23.1. The monoisotopic (exact) mass is 411 g/mol. The van der Waals surface area contributed by atoms with E-state index < -0.39 is 16.5 Å². The number of nitro groups is 1. The summed E-state index contributed by atoms with van der Waals surface area (Å²) in [4.78, 5) is 38.3. The molecule has 7 nitrogen and oxygen atoms in total. The normalized spacial score (nSPS) is 12.2. The van der Waals surface area contributed by atoms with Crippen molar-refractivity contribution < 1.29 is 14.5 Å². The van der Waals surface area contributed by atoms with Crippen LogP contribution < -0.4 is 5.32 Å². The molecule has 2 aromatic rings. The predicted molar refractivity (Wildman–Crippen MR) is 116 cm³/mol. The number of hydrogen-bond donors (Lipinski definition) is 1. The SMILES string of the molecule is Cc1cccc(CN(C(=O)Cc2ccccc2[N+](=O)[O-])C(C)C(=O)NC(C)(C)C)c1. The maximum absolute atomic E-state index is 13.2. The van der Waals surface area contributed by atoms with Crippen LogP contribution in [0.3, 0.4) is 0 Å². The zero-order valence-corrected chi connectivity index (χ0v) is 18.1. The Morgan fingerprint density at radius 1 is 1.13 bits per heavy atom. The Labute approximate surface area is 177 Å². The molecular formula is C23H29N3O4. The average Bonchev–Trinajstić information content (AvgIpc) is 2.64. The minimum atomic E-state index is -0.736. The van der Waals surface area contributed by atoms with Gasteiger partial charge in [0.25, 0.3) is 5.69 Å². The highest BCUT2D eigenvalue weighted by Gasteiger charge is 2.29. The number of benzene rings is 2. The second-order valence-electron chi connectivity index (χ2n) is 8.49. The number of nitrogens with zero attached hydrogens (tertiary/aromatic N) is 2. The molecule has 1 unspecified atom stereocenters. The highest BCUT2D eigenvalue weighted by molar-refractivity contribution is 5.88. The van der Waals surface area contributed by atoms with E-state index in [4.69, 9.17) is 0 Å². The third kappa shape index (κ3) is 6.40. The third-order valence-electron chi connectivity index (χ3n) is 4.63. The number of aryl methyl sites for hydroxylation is 1. The van der Waals surface area contributed by atoms with Gasteiger partial charge in [-0.1, -0.05) is 48.0 Å². The lowest BCUT2D eigenvalue weighted by Crippen LogP contribution is -2.52. The molecular weight excluding hydrogens is 382 g/mol. The lowest BCUT2D eigenvalue weighted by molar-refractivity contribution is -0.385. The molecule has 7 heteroatoms. The van der Waals surface area contributed by atoms with Crippen LogP contribution in [0.2, 0.25) is 0 Å². The van der Waals surface area contributed by atoms with Gasteiger partial charge in [-0.15, -0.1) is 0 Å². The molecule has 0 heterocycles. The van der Waals surface area contributed by atoms with Crippen LogP contribution in [-0.4, -0.2) is 33.2 Å². The molecule has 0 saturated heterocycles. The Balaban J connectivity index is 2.33. The Kier molecular flexibility index (Phi) is 7.32. The van der Waals surface area contributed by atoms with Gasteiger partial charge in [-0.2, -0.15) is 0 Å². The molecule has 2 aromatic carbocycles. The van der Waals surface area contributed by atoms with E-state index in [1.54, 1.807) is 25.1 Å². The minimum Gasteiger partial charge on any atom is -0.350 e. The van der Waals surface area contributed by atoms with Crippen molar-refractivity contribution in [2.75, 3.05) is 0 Å². The van der Waals surface area contributed by atoms with Crippen LogP contribution in [0.25, 0.3) is 0 Å². The van der Waals surface area contributed by atoms with Crippen molar-refractivity contribution in [2.24, 2.45) is 0 Å². The van der Waals surface area contributed by atoms with Crippen LogP contribution in [0, 0.1) is 17.0 Å². The molecule has 0 fully saturated rings. The van der Waals surface area contributed by atoms with E-state index in [1.807, 2.05) is 52.0 Å². The maximum Gasteiger partial charge on any atom is 0.273 e. The topological polar surface area (TPSA) is 92.6 Å². The average molecular weight is 412 g/mol. The fraction of sp³-hybridized carbons (Fsp3) is 0.391. The fourth-order valence-electron chi connectivity index (χ4n) is 3.17. The quantitative estimate of drug-likeness (QED) is 0.554. The Bertz CT molecular complexity index is 934. The predicted octanol–water partition coefficient (Wildman–Crippen LogP) is 3.78. The van der Waals surface area contributed by atoms with Crippen molar-refractivity contribution in [1.29, 1.82) is 0 Å². The standard InChI is InChI=1S/C23H29N3O4/c1-16-9-8-10-18(13-16)15-25(17(2)22(28)24-23(3,4)5)21(27)14-19-11-6-7-12-20(19)26(29)30/h6-13,17H,14-15H2,1-5H3,(H,24,28). The molecule has 2 amide bonds. The van der Waals surface area contributed by atoms with Gasteiger partial charge in [-0.05, 0) is 40.2 Å². The summed E-state index contributed by atoms with van der Waals surface area (Å²) < 4.78 is 0. The summed E-state index contributed by atoms with van der Waals surface area (Å²) >= 11 is 0. The minimum absolute atomic E-state index is 0.104. The molecule has 0 spiro atoms. The van der Waals surface area contributed by atoms with Crippen molar-refractivity contribution in [3.8, 4) is 0 Å². The molecule has 0 aliphatic carbocycles. The molecule has 30 heavy (non-hydrogen) atoms. The van der Waals surface area contributed by atoms with Gasteiger partial charge in [0.15, 0.2) is 0 Å². The van der Waals surface area contributed by atoms with Gasteiger partial charge in [-0.3, -0.25) is 19.7 Å². The van der Waals surface area contributed by atoms with Gasteiger partial charge in [0.1, 0.15) is 6.04 Å². The number of nitro benzene ring substituents is 1. The molecule has 0 aliphatic rings. The number of carbonyl (C=O) groups excluding carboxylic acids is 2. The summed E-state index contributed by atoms with van der Waals surface area (Å²) in [7, 11) is 0. The zero-order valence-electron chi connectivity index (χ0n) is 18.1. The van der Waals surface area contributed by atoms with Gasteiger partial charge in [0.2, 0.25) is 11.8 Å². The number of hydrogen-bond acceptors (Lipinski definition) is 4. The van der Waals surface area contributed by atoms with E-state index in [9.17, 15) is 19.7 Å². The number of amides is 2. The lowest BCUT2D eigenvalue weighted by atomic mass is 10.0. The smallest absolute Gasteiger partial charge is 0.273 e. The van der Waals surface area contributed by atoms with E-state index in [0.29, 0.717) is 5.56 Å². The molecule has 1 atom stereocenters. The molecule has 160 valence electrons. The zero-order chi connectivity index (χ0) is 22.5. The number of rotatable bonds is 7. The second-order valence-corrected chi connectivity index (χ2v) is 8.49. The first-order chi connectivity index (χ1) is 14.0. The molecule has 0 aliphatic heterocycles. The van der Waals surface area contributed by atoms with Crippen LogP contribution in [0.1, 0.15) is 44.4 Å². The van der Waals surface area contributed by atoms with Gasteiger partial charge in [0, 0.05) is 23.7 Å². The molecule has 0 radical (unpaired) electrons. The van der Waals surface area contributed by atoms with Crippen molar-refractivity contribution >= 4 is 17.5 Å². The van der Waals surface area contributed by atoms with Gasteiger partial charge in [0.05, 0.1) is 11.3 Å². The van der Waals surface area contributed by atoms with E-state index in [2.05, 4.69) is 5.32 Å².